The Bertz CT molecular complexity index is 273. The van der Waals surface area contributed by atoms with Gasteiger partial charge < -0.3 is 10.1 Å². The van der Waals surface area contributed by atoms with Crippen LogP contribution in [0.5, 0.6) is 0 Å². The number of aryl methyl sites for hydroxylation is 1. The molecule has 0 saturated heterocycles. The van der Waals surface area contributed by atoms with Crippen LogP contribution >= 0.6 is 0 Å². The van der Waals surface area contributed by atoms with E-state index in [1.165, 1.54) is 5.69 Å². The molecule has 0 aromatic carbocycles. The maximum absolute atomic E-state index is 5.19. The molecule has 1 unspecified atom stereocenters. The van der Waals surface area contributed by atoms with Gasteiger partial charge in [0.05, 0.1) is 19.2 Å². The summed E-state index contributed by atoms with van der Waals surface area (Å²) < 4.78 is 7.19. The lowest BCUT2D eigenvalue weighted by atomic mass is 10.3. The lowest BCUT2D eigenvalue weighted by molar-refractivity contribution is 0.156. The fourth-order valence-corrected chi connectivity index (χ4v) is 1.52. The highest BCUT2D eigenvalue weighted by atomic mass is 16.5. The van der Waals surface area contributed by atoms with E-state index in [0.29, 0.717) is 6.04 Å². The van der Waals surface area contributed by atoms with E-state index in [-0.39, 0.29) is 0 Å². The van der Waals surface area contributed by atoms with Crippen molar-refractivity contribution in [2.45, 2.75) is 32.9 Å². The molecule has 1 aromatic heterocycles. The second kappa shape index (κ2) is 6.58. The van der Waals surface area contributed by atoms with Crippen LogP contribution in [-0.4, -0.2) is 36.1 Å². The second-order valence-electron chi connectivity index (χ2n) is 3.76. The monoisotopic (exact) mass is 211 g/mol. The standard InChI is InChI=1S/C11H21N3O/c1-4-6-12-11(9-15-3)8-14-10(2)5-7-13-14/h5,7,11-12H,4,6,8-9H2,1-3H3. The number of ether oxygens (including phenoxy) is 1. The molecule has 0 saturated carbocycles. The zero-order valence-electron chi connectivity index (χ0n) is 9.86. The van der Waals surface area contributed by atoms with E-state index in [2.05, 4.69) is 24.3 Å². The number of nitrogens with one attached hydrogen (secondary N) is 1. The Kier molecular flexibility index (Phi) is 5.36. The van der Waals surface area contributed by atoms with Crippen LogP contribution < -0.4 is 5.32 Å². The van der Waals surface area contributed by atoms with Crippen molar-refractivity contribution in [3.05, 3.63) is 18.0 Å². The fraction of sp³-hybridized carbons (Fsp3) is 0.727. The number of hydrogen-bond donors (Lipinski definition) is 1. The zero-order chi connectivity index (χ0) is 11.1. The van der Waals surface area contributed by atoms with E-state index in [9.17, 15) is 0 Å². The van der Waals surface area contributed by atoms with Gasteiger partial charge in [-0.1, -0.05) is 6.92 Å². The minimum absolute atomic E-state index is 0.341. The number of hydrogen-bond acceptors (Lipinski definition) is 3. The highest BCUT2D eigenvalue weighted by molar-refractivity contribution is 4.96. The Morgan fingerprint density at radius 3 is 2.93 bits per heavy atom. The molecule has 1 rings (SSSR count). The minimum atomic E-state index is 0.341. The summed E-state index contributed by atoms with van der Waals surface area (Å²) in [6.07, 6.45) is 2.97. The van der Waals surface area contributed by atoms with Crippen molar-refractivity contribution in [2.24, 2.45) is 0 Å². The highest BCUT2D eigenvalue weighted by Crippen LogP contribution is 1.99. The quantitative estimate of drug-likeness (QED) is 0.736. The molecule has 0 radical (unpaired) electrons. The van der Waals surface area contributed by atoms with Crippen LogP contribution in [0.25, 0.3) is 0 Å². The summed E-state index contributed by atoms with van der Waals surface area (Å²) in [5.41, 5.74) is 1.19. The zero-order valence-corrected chi connectivity index (χ0v) is 9.86. The van der Waals surface area contributed by atoms with Crippen molar-refractivity contribution in [3.63, 3.8) is 0 Å². The fourth-order valence-electron chi connectivity index (χ4n) is 1.52. The average molecular weight is 211 g/mol. The largest absolute Gasteiger partial charge is 0.383 e. The Hall–Kier alpha value is -0.870. The molecule has 86 valence electrons. The van der Waals surface area contributed by atoms with Crippen molar-refractivity contribution >= 4 is 0 Å². The van der Waals surface area contributed by atoms with E-state index >= 15 is 0 Å². The van der Waals surface area contributed by atoms with Crippen LogP contribution in [-0.2, 0) is 11.3 Å². The van der Waals surface area contributed by atoms with E-state index < -0.39 is 0 Å². The van der Waals surface area contributed by atoms with Gasteiger partial charge in [0.15, 0.2) is 0 Å². The third-order valence-electron chi connectivity index (χ3n) is 2.37. The number of methoxy groups -OCH3 is 1. The molecule has 0 aliphatic heterocycles. The van der Waals surface area contributed by atoms with Crippen molar-refractivity contribution in [1.82, 2.24) is 15.1 Å². The summed E-state index contributed by atoms with van der Waals surface area (Å²) in [4.78, 5) is 0. The molecule has 0 aliphatic carbocycles. The number of rotatable bonds is 7. The highest BCUT2D eigenvalue weighted by Gasteiger charge is 2.09. The van der Waals surface area contributed by atoms with E-state index in [1.54, 1.807) is 7.11 Å². The van der Waals surface area contributed by atoms with Gasteiger partial charge in [-0.15, -0.1) is 0 Å². The van der Waals surface area contributed by atoms with Gasteiger partial charge in [-0.3, -0.25) is 4.68 Å². The van der Waals surface area contributed by atoms with Crippen LogP contribution in [0.1, 0.15) is 19.0 Å². The van der Waals surface area contributed by atoms with Gasteiger partial charge in [0.2, 0.25) is 0 Å². The molecule has 1 heterocycles. The third-order valence-corrected chi connectivity index (χ3v) is 2.37. The van der Waals surface area contributed by atoms with E-state index in [1.807, 2.05) is 16.9 Å². The van der Waals surface area contributed by atoms with Crippen molar-refractivity contribution in [1.29, 1.82) is 0 Å². The predicted molar refractivity (Wildman–Crippen MR) is 60.9 cm³/mol. The molecule has 0 amide bonds. The molecule has 0 aliphatic rings. The predicted octanol–water partition coefficient (Wildman–Crippen LogP) is 1.21. The third kappa shape index (κ3) is 4.01. The molecule has 0 bridgehead atoms. The smallest absolute Gasteiger partial charge is 0.0633 e. The van der Waals surface area contributed by atoms with Crippen LogP contribution in [0.15, 0.2) is 12.3 Å². The molecule has 1 atom stereocenters. The Morgan fingerprint density at radius 2 is 2.40 bits per heavy atom. The summed E-state index contributed by atoms with van der Waals surface area (Å²) in [6, 6.07) is 2.36. The van der Waals surface area contributed by atoms with Crippen LogP contribution in [0.4, 0.5) is 0 Å². The van der Waals surface area contributed by atoms with Gasteiger partial charge in [0, 0.05) is 19.0 Å². The van der Waals surface area contributed by atoms with Crippen LogP contribution in [0, 0.1) is 6.92 Å². The first-order valence-electron chi connectivity index (χ1n) is 5.48. The lowest BCUT2D eigenvalue weighted by Crippen LogP contribution is -2.38. The Morgan fingerprint density at radius 1 is 1.60 bits per heavy atom. The summed E-state index contributed by atoms with van der Waals surface area (Å²) >= 11 is 0. The average Bonchev–Trinajstić information content (AvgIpc) is 2.61. The van der Waals surface area contributed by atoms with Crippen LogP contribution in [0.2, 0.25) is 0 Å². The van der Waals surface area contributed by atoms with Crippen molar-refractivity contribution < 1.29 is 4.74 Å². The molecule has 15 heavy (non-hydrogen) atoms. The molecule has 1 N–H and O–H groups in total. The van der Waals surface area contributed by atoms with E-state index in [0.717, 1.165) is 26.1 Å². The molecule has 1 aromatic rings. The summed E-state index contributed by atoms with van der Waals surface area (Å²) in [5.74, 6) is 0. The Balaban J connectivity index is 2.46. The lowest BCUT2D eigenvalue weighted by Gasteiger charge is -2.18. The number of aromatic nitrogens is 2. The number of nitrogens with zero attached hydrogens (tertiary/aromatic N) is 2. The van der Waals surface area contributed by atoms with Crippen LogP contribution in [0.3, 0.4) is 0 Å². The summed E-state index contributed by atoms with van der Waals surface area (Å²) in [7, 11) is 1.73. The first kappa shape index (κ1) is 12.2. The molecular formula is C11H21N3O. The minimum Gasteiger partial charge on any atom is -0.383 e. The molecule has 0 fully saturated rings. The first-order chi connectivity index (χ1) is 7.27. The molecule has 0 spiro atoms. The van der Waals surface area contributed by atoms with Gasteiger partial charge in [0.1, 0.15) is 0 Å². The Labute approximate surface area is 91.6 Å². The summed E-state index contributed by atoms with van der Waals surface area (Å²) in [6.45, 7) is 6.84. The molecule has 4 heteroatoms. The maximum atomic E-state index is 5.19. The maximum Gasteiger partial charge on any atom is 0.0633 e. The second-order valence-corrected chi connectivity index (χ2v) is 3.76. The topological polar surface area (TPSA) is 39.1 Å². The SMILES string of the molecule is CCCNC(COC)Cn1nccc1C. The summed E-state index contributed by atoms with van der Waals surface area (Å²) in [5, 5.41) is 7.72. The normalized spacial score (nSPS) is 13.0. The van der Waals surface area contributed by atoms with Gasteiger partial charge in [-0.25, -0.2) is 0 Å². The van der Waals surface area contributed by atoms with Gasteiger partial charge >= 0.3 is 0 Å². The van der Waals surface area contributed by atoms with Gasteiger partial charge in [-0.05, 0) is 26.0 Å². The van der Waals surface area contributed by atoms with Gasteiger partial charge in [0.25, 0.3) is 0 Å². The van der Waals surface area contributed by atoms with Gasteiger partial charge in [-0.2, -0.15) is 5.10 Å². The molecular weight excluding hydrogens is 190 g/mol. The van der Waals surface area contributed by atoms with Crippen molar-refractivity contribution in [2.75, 3.05) is 20.3 Å². The van der Waals surface area contributed by atoms with E-state index in [4.69, 9.17) is 4.74 Å². The molecule has 4 nitrogen and oxygen atoms in total. The van der Waals surface area contributed by atoms with Crippen molar-refractivity contribution in [3.8, 4) is 0 Å². The first-order valence-corrected chi connectivity index (χ1v) is 5.48.